The third-order valence-electron chi connectivity index (χ3n) is 4.17. The molecule has 0 aromatic rings. The molecule has 0 aromatic heterocycles. The number of rotatable bonds is 4. The van der Waals surface area contributed by atoms with E-state index in [0.29, 0.717) is 5.41 Å². The van der Waals surface area contributed by atoms with Gasteiger partial charge in [-0.15, -0.1) is 0 Å². The largest absolute Gasteiger partial charge is 0.370 e. The molecule has 0 radical (unpaired) electrons. The zero-order valence-corrected chi connectivity index (χ0v) is 12.6. The summed E-state index contributed by atoms with van der Waals surface area (Å²) in [7, 11) is 0. The Morgan fingerprint density at radius 3 is 2.50 bits per heavy atom. The first-order valence-corrected chi connectivity index (χ1v) is 8.39. The maximum absolute atomic E-state index is 6.13. The highest BCUT2D eigenvalue weighted by Crippen LogP contribution is 2.46. The van der Waals surface area contributed by atoms with Crippen LogP contribution in [0.2, 0.25) is 0 Å². The van der Waals surface area contributed by atoms with Gasteiger partial charge in [0, 0.05) is 31.1 Å². The molecule has 0 bridgehead atoms. The fourth-order valence-electron chi connectivity index (χ4n) is 3.11. The van der Waals surface area contributed by atoms with Crippen LogP contribution in [0.1, 0.15) is 39.5 Å². The van der Waals surface area contributed by atoms with E-state index in [-0.39, 0.29) is 0 Å². The van der Waals surface area contributed by atoms with E-state index >= 15 is 0 Å². The van der Waals surface area contributed by atoms with Crippen LogP contribution in [0.15, 0.2) is 4.99 Å². The molecule has 1 saturated heterocycles. The van der Waals surface area contributed by atoms with Crippen LogP contribution in [-0.4, -0.2) is 42.0 Å². The van der Waals surface area contributed by atoms with Gasteiger partial charge in [-0.05, 0) is 30.6 Å². The molecule has 0 aromatic carbocycles. The van der Waals surface area contributed by atoms with Crippen LogP contribution in [-0.2, 0) is 0 Å². The smallest absolute Gasteiger partial charge is 0.191 e. The van der Waals surface area contributed by atoms with Crippen molar-refractivity contribution in [3.63, 3.8) is 0 Å². The lowest BCUT2D eigenvalue weighted by Crippen LogP contribution is -2.44. The van der Waals surface area contributed by atoms with Crippen LogP contribution in [0.3, 0.4) is 0 Å². The highest BCUT2D eigenvalue weighted by molar-refractivity contribution is 7.99. The third-order valence-corrected chi connectivity index (χ3v) is 5.11. The Hall–Kier alpha value is -0.380. The number of aliphatic imine (C=N–C) groups is 1. The van der Waals surface area contributed by atoms with Crippen molar-refractivity contribution in [2.45, 2.75) is 39.5 Å². The van der Waals surface area contributed by atoms with Gasteiger partial charge in [-0.1, -0.05) is 20.3 Å². The molecule has 4 heteroatoms. The van der Waals surface area contributed by atoms with E-state index in [9.17, 15) is 0 Å². The maximum atomic E-state index is 6.13. The molecule has 0 atom stereocenters. The average molecular weight is 269 g/mol. The quantitative estimate of drug-likeness (QED) is 0.630. The summed E-state index contributed by atoms with van der Waals surface area (Å²) < 4.78 is 0. The van der Waals surface area contributed by atoms with E-state index in [1.54, 1.807) is 0 Å². The second-order valence-corrected chi connectivity index (χ2v) is 7.45. The summed E-state index contributed by atoms with van der Waals surface area (Å²) in [6.07, 6.45) is 5.37. The van der Waals surface area contributed by atoms with Gasteiger partial charge in [-0.25, -0.2) is 0 Å². The van der Waals surface area contributed by atoms with Crippen molar-refractivity contribution in [1.82, 2.24) is 4.90 Å². The van der Waals surface area contributed by atoms with Crippen LogP contribution in [0, 0.1) is 11.3 Å². The fraction of sp³-hybridized carbons (Fsp3) is 0.929. The molecular weight excluding hydrogens is 242 g/mol. The van der Waals surface area contributed by atoms with E-state index in [0.717, 1.165) is 31.5 Å². The minimum absolute atomic E-state index is 0.476. The Bertz CT molecular complexity index is 291. The van der Waals surface area contributed by atoms with E-state index in [4.69, 9.17) is 10.7 Å². The number of hydrogen-bond donors (Lipinski definition) is 1. The minimum atomic E-state index is 0.476. The Kier molecular flexibility index (Phi) is 4.82. The molecule has 3 nitrogen and oxygen atoms in total. The average Bonchev–Trinajstić information content (AvgIpc) is 2.32. The zero-order chi connectivity index (χ0) is 13.0. The summed E-state index contributed by atoms with van der Waals surface area (Å²) in [6, 6.07) is 0. The first-order chi connectivity index (χ1) is 8.61. The van der Waals surface area contributed by atoms with Gasteiger partial charge in [0.15, 0.2) is 5.96 Å². The van der Waals surface area contributed by atoms with E-state index in [1.807, 2.05) is 11.8 Å². The summed E-state index contributed by atoms with van der Waals surface area (Å²) in [4.78, 5) is 6.95. The minimum Gasteiger partial charge on any atom is -0.370 e. The van der Waals surface area contributed by atoms with Crippen molar-refractivity contribution in [2.24, 2.45) is 22.1 Å². The third kappa shape index (κ3) is 3.56. The molecule has 2 N–H and O–H groups in total. The summed E-state index contributed by atoms with van der Waals surface area (Å²) in [5.74, 6) is 3.93. The Morgan fingerprint density at radius 1 is 1.33 bits per heavy atom. The van der Waals surface area contributed by atoms with Crippen LogP contribution in [0.5, 0.6) is 0 Å². The molecule has 0 amide bonds. The predicted octanol–water partition coefficient (Wildman–Crippen LogP) is 2.57. The van der Waals surface area contributed by atoms with Gasteiger partial charge in [-0.3, -0.25) is 4.99 Å². The molecule has 2 fully saturated rings. The number of thioether (sulfide) groups is 1. The van der Waals surface area contributed by atoms with Crippen molar-refractivity contribution in [3.05, 3.63) is 0 Å². The van der Waals surface area contributed by atoms with Crippen molar-refractivity contribution >= 4 is 17.7 Å². The van der Waals surface area contributed by atoms with Crippen LogP contribution < -0.4 is 5.73 Å². The van der Waals surface area contributed by atoms with Gasteiger partial charge in [0.1, 0.15) is 0 Å². The van der Waals surface area contributed by atoms with Crippen LogP contribution in [0.4, 0.5) is 0 Å². The zero-order valence-electron chi connectivity index (χ0n) is 11.8. The summed E-state index contributed by atoms with van der Waals surface area (Å²) >= 11 is 2.01. The summed E-state index contributed by atoms with van der Waals surface area (Å²) in [5, 5.41) is 0. The van der Waals surface area contributed by atoms with E-state index in [2.05, 4.69) is 18.7 Å². The van der Waals surface area contributed by atoms with Gasteiger partial charge in [0.05, 0.1) is 0 Å². The van der Waals surface area contributed by atoms with Crippen molar-refractivity contribution in [3.8, 4) is 0 Å². The van der Waals surface area contributed by atoms with Gasteiger partial charge >= 0.3 is 0 Å². The lowest BCUT2D eigenvalue weighted by Gasteiger charge is -2.42. The maximum Gasteiger partial charge on any atom is 0.191 e. The molecule has 104 valence electrons. The van der Waals surface area contributed by atoms with E-state index in [1.165, 1.54) is 37.2 Å². The molecule has 18 heavy (non-hydrogen) atoms. The highest BCUT2D eigenvalue weighted by atomic mass is 32.2. The molecule has 2 rings (SSSR count). The first kappa shape index (κ1) is 14.0. The lowest BCUT2D eigenvalue weighted by atomic mass is 9.64. The molecule has 1 heterocycles. The van der Waals surface area contributed by atoms with Gasteiger partial charge < -0.3 is 10.6 Å². The van der Waals surface area contributed by atoms with Crippen molar-refractivity contribution in [2.75, 3.05) is 31.1 Å². The highest BCUT2D eigenvalue weighted by Gasteiger charge is 2.37. The SMILES string of the molecule is CC(C)CC1(CN=C(N)N2CCSCC2)CCC1. The Morgan fingerprint density at radius 2 is 2.00 bits per heavy atom. The normalized spacial score (nSPS) is 24.2. The number of nitrogens with two attached hydrogens (primary N) is 1. The van der Waals surface area contributed by atoms with Gasteiger partial charge in [0.25, 0.3) is 0 Å². The molecule has 1 aliphatic heterocycles. The summed E-state index contributed by atoms with van der Waals surface area (Å²) in [5.41, 5.74) is 6.61. The molecule has 0 spiro atoms. The molecule has 1 aliphatic carbocycles. The van der Waals surface area contributed by atoms with Gasteiger partial charge in [0.2, 0.25) is 0 Å². The molecule has 0 unspecified atom stereocenters. The Balaban J connectivity index is 1.87. The number of hydrogen-bond acceptors (Lipinski definition) is 2. The van der Waals surface area contributed by atoms with E-state index < -0.39 is 0 Å². The lowest BCUT2D eigenvalue weighted by molar-refractivity contribution is 0.111. The van der Waals surface area contributed by atoms with Crippen LogP contribution in [0.25, 0.3) is 0 Å². The fourth-order valence-corrected chi connectivity index (χ4v) is 4.01. The second kappa shape index (κ2) is 6.18. The molecule has 2 aliphatic rings. The number of nitrogens with zero attached hydrogens (tertiary/aromatic N) is 2. The predicted molar refractivity (Wildman–Crippen MR) is 81.1 cm³/mol. The first-order valence-electron chi connectivity index (χ1n) is 7.24. The standard InChI is InChI=1S/C14H27N3S/c1-12(2)10-14(4-3-5-14)11-16-13(15)17-6-8-18-9-7-17/h12H,3-11H2,1-2H3,(H2,15,16). The molecule has 1 saturated carbocycles. The van der Waals surface area contributed by atoms with Gasteiger partial charge in [-0.2, -0.15) is 11.8 Å². The second-order valence-electron chi connectivity index (χ2n) is 6.23. The Labute approximate surface area is 116 Å². The van der Waals surface area contributed by atoms with Crippen molar-refractivity contribution < 1.29 is 0 Å². The monoisotopic (exact) mass is 269 g/mol. The summed E-state index contributed by atoms with van der Waals surface area (Å²) in [6.45, 7) is 7.71. The van der Waals surface area contributed by atoms with Crippen LogP contribution >= 0.6 is 11.8 Å². The topological polar surface area (TPSA) is 41.6 Å². The number of guanidine groups is 1. The molecular formula is C14H27N3S. The van der Waals surface area contributed by atoms with Crippen molar-refractivity contribution in [1.29, 1.82) is 0 Å².